The molecule has 2 N–H and O–H groups in total. The Kier molecular flexibility index (Phi) is 4.35. The van der Waals surface area contributed by atoms with Crippen molar-refractivity contribution in [2.45, 2.75) is 6.92 Å². The minimum absolute atomic E-state index is 0.675. The van der Waals surface area contributed by atoms with Gasteiger partial charge in [-0.1, -0.05) is 12.0 Å². The van der Waals surface area contributed by atoms with Crippen molar-refractivity contribution in [1.29, 1.82) is 5.41 Å². The van der Waals surface area contributed by atoms with Crippen LogP contribution in [0, 0.1) is 24.2 Å². The zero-order valence-corrected chi connectivity index (χ0v) is 11.4. The maximum Gasteiger partial charge on any atom is 0.134 e. The summed E-state index contributed by atoms with van der Waals surface area (Å²) in [6.45, 7) is 2.01. The highest BCUT2D eigenvalue weighted by Gasteiger charge is 2.00. The molecule has 0 saturated heterocycles. The van der Waals surface area contributed by atoms with E-state index >= 15 is 0 Å². The Morgan fingerprint density at radius 3 is 2.95 bits per heavy atom. The van der Waals surface area contributed by atoms with Crippen LogP contribution in [0.3, 0.4) is 0 Å². The summed E-state index contributed by atoms with van der Waals surface area (Å²) in [5.41, 5.74) is 2.70. The van der Waals surface area contributed by atoms with Crippen LogP contribution in [0.5, 0.6) is 5.75 Å². The normalized spacial score (nSPS) is 10.1. The van der Waals surface area contributed by atoms with Crippen molar-refractivity contribution in [1.82, 2.24) is 9.97 Å². The van der Waals surface area contributed by atoms with Gasteiger partial charge in [-0.25, -0.2) is 4.98 Å². The van der Waals surface area contributed by atoms with Crippen molar-refractivity contribution in [3.8, 4) is 17.6 Å². The molecule has 2 rings (SSSR count). The lowest BCUT2D eigenvalue weighted by atomic mass is 10.1. The highest BCUT2D eigenvalue weighted by Crippen LogP contribution is 2.18. The summed E-state index contributed by atoms with van der Waals surface area (Å²) in [6, 6.07) is 5.88. The third-order valence-electron chi connectivity index (χ3n) is 2.63. The number of aromatic amines is 1. The molecular formula is C16H15N3O. The van der Waals surface area contributed by atoms with E-state index in [-0.39, 0.29) is 0 Å². The average molecular weight is 265 g/mol. The summed E-state index contributed by atoms with van der Waals surface area (Å²) in [7, 11) is 1.63. The lowest BCUT2D eigenvalue weighted by Crippen LogP contribution is -1.88. The molecule has 20 heavy (non-hydrogen) atoms. The molecule has 0 unspecified atom stereocenters. The van der Waals surface area contributed by atoms with E-state index in [4.69, 9.17) is 10.1 Å². The summed E-state index contributed by atoms with van der Waals surface area (Å²) in [6.07, 6.45) is 6.18. The molecule has 1 aromatic heterocycles. The van der Waals surface area contributed by atoms with E-state index in [1.807, 2.05) is 25.1 Å². The van der Waals surface area contributed by atoms with Crippen molar-refractivity contribution in [2.75, 3.05) is 7.11 Å². The highest BCUT2D eigenvalue weighted by molar-refractivity contribution is 5.74. The predicted molar refractivity (Wildman–Crippen MR) is 80.1 cm³/mol. The first kappa shape index (κ1) is 13.6. The molecule has 0 aliphatic carbocycles. The van der Waals surface area contributed by atoms with Gasteiger partial charge in [0.1, 0.15) is 17.3 Å². The zero-order chi connectivity index (χ0) is 14.4. The van der Waals surface area contributed by atoms with Crippen LogP contribution < -0.4 is 4.74 Å². The maximum atomic E-state index is 6.92. The van der Waals surface area contributed by atoms with Crippen LogP contribution in [-0.4, -0.2) is 23.3 Å². The number of rotatable bonds is 3. The van der Waals surface area contributed by atoms with Crippen molar-refractivity contribution >= 4 is 12.3 Å². The second kappa shape index (κ2) is 6.39. The molecule has 0 aliphatic rings. The van der Waals surface area contributed by atoms with E-state index in [9.17, 15) is 0 Å². The lowest BCUT2D eigenvalue weighted by molar-refractivity contribution is 0.413. The first-order valence-corrected chi connectivity index (χ1v) is 6.11. The van der Waals surface area contributed by atoms with E-state index in [0.29, 0.717) is 5.82 Å². The number of ether oxygens (including phenoxy) is 1. The van der Waals surface area contributed by atoms with Gasteiger partial charge in [-0.3, -0.25) is 0 Å². The van der Waals surface area contributed by atoms with Gasteiger partial charge in [0.05, 0.1) is 18.9 Å². The number of methoxy groups -OCH3 is 1. The minimum Gasteiger partial charge on any atom is -0.495 e. The van der Waals surface area contributed by atoms with Crippen LogP contribution in [0.4, 0.5) is 0 Å². The highest BCUT2D eigenvalue weighted by atomic mass is 16.5. The fourth-order valence-electron chi connectivity index (χ4n) is 1.68. The van der Waals surface area contributed by atoms with Crippen LogP contribution >= 0.6 is 0 Å². The number of allylic oxidation sites excluding steroid dienone is 1. The van der Waals surface area contributed by atoms with Gasteiger partial charge >= 0.3 is 0 Å². The van der Waals surface area contributed by atoms with Crippen LogP contribution in [0.2, 0.25) is 0 Å². The van der Waals surface area contributed by atoms with E-state index in [2.05, 4.69) is 21.8 Å². The van der Waals surface area contributed by atoms with Gasteiger partial charge in [0, 0.05) is 6.21 Å². The van der Waals surface area contributed by atoms with Gasteiger partial charge in [0.2, 0.25) is 0 Å². The zero-order valence-electron chi connectivity index (χ0n) is 11.4. The Bertz CT molecular complexity index is 702. The maximum absolute atomic E-state index is 6.92. The van der Waals surface area contributed by atoms with Crippen molar-refractivity contribution in [3.63, 3.8) is 0 Å². The smallest absolute Gasteiger partial charge is 0.134 e. The summed E-state index contributed by atoms with van der Waals surface area (Å²) in [5, 5.41) is 6.92. The molecule has 4 nitrogen and oxygen atoms in total. The number of hydrogen-bond acceptors (Lipinski definition) is 3. The lowest BCUT2D eigenvalue weighted by Gasteiger charge is -2.03. The number of benzene rings is 1. The van der Waals surface area contributed by atoms with Crippen molar-refractivity contribution < 1.29 is 4.74 Å². The topological polar surface area (TPSA) is 61.8 Å². The molecule has 0 saturated carbocycles. The Balaban J connectivity index is 2.26. The molecule has 100 valence electrons. The van der Waals surface area contributed by atoms with Gasteiger partial charge in [-0.15, -0.1) is 0 Å². The standard InChI is InChI=1S/C16H15N3O/c1-12-5-8-15(20-2)13(10-12)6-7-14-11-18-16(19-14)4-3-9-17/h3-5,8-11,17H,1-2H3,(H,18,19)/b4-3-,17-9?. The van der Waals surface area contributed by atoms with Crippen molar-refractivity contribution in [3.05, 3.63) is 53.1 Å². The Morgan fingerprint density at radius 1 is 1.35 bits per heavy atom. The second-order valence-corrected chi connectivity index (χ2v) is 4.16. The number of aryl methyl sites for hydroxylation is 1. The number of hydrogen-bond donors (Lipinski definition) is 2. The Morgan fingerprint density at radius 2 is 2.20 bits per heavy atom. The average Bonchev–Trinajstić information content (AvgIpc) is 2.91. The molecule has 4 heteroatoms. The molecule has 1 aromatic carbocycles. The van der Waals surface area contributed by atoms with Crippen molar-refractivity contribution in [2.24, 2.45) is 0 Å². The third-order valence-corrected chi connectivity index (χ3v) is 2.63. The van der Waals surface area contributed by atoms with Gasteiger partial charge in [0.25, 0.3) is 0 Å². The summed E-state index contributed by atoms with van der Waals surface area (Å²) >= 11 is 0. The molecule has 0 aliphatic heterocycles. The molecule has 0 radical (unpaired) electrons. The fourth-order valence-corrected chi connectivity index (χ4v) is 1.68. The molecule has 1 heterocycles. The monoisotopic (exact) mass is 265 g/mol. The van der Waals surface area contributed by atoms with Gasteiger partial charge in [-0.05, 0) is 42.7 Å². The summed E-state index contributed by atoms with van der Waals surface area (Å²) < 4.78 is 5.28. The SMILES string of the molecule is COc1ccc(C)cc1C#Cc1cnc(/C=C\C=N)[nH]1. The van der Waals surface area contributed by atoms with Crippen LogP contribution in [-0.2, 0) is 0 Å². The molecule has 0 spiro atoms. The van der Waals surface area contributed by atoms with Crippen LogP contribution in [0.15, 0.2) is 30.5 Å². The van der Waals surface area contributed by atoms with E-state index in [1.165, 1.54) is 6.21 Å². The Hall–Kier alpha value is -2.80. The number of nitrogens with one attached hydrogen (secondary N) is 2. The molecule has 0 atom stereocenters. The quantitative estimate of drug-likeness (QED) is 0.662. The number of nitrogens with zero attached hydrogens (tertiary/aromatic N) is 1. The predicted octanol–water partition coefficient (Wildman–Crippen LogP) is 2.79. The largest absolute Gasteiger partial charge is 0.495 e. The second-order valence-electron chi connectivity index (χ2n) is 4.16. The van der Waals surface area contributed by atoms with Gasteiger partial charge < -0.3 is 15.1 Å². The summed E-state index contributed by atoms with van der Waals surface area (Å²) in [4.78, 5) is 7.20. The fraction of sp³-hybridized carbons (Fsp3) is 0.125. The number of H-pyrrole nitrogens is 1. The number of aromatic nitrogens is 2. The third kappa shape index (κ3) is 3.36. The molecule has 0 fully saturated rings. The van der Waals surface area contributed by atoms with Gasteiger partial charge in [-0.2, -0.15) is 0 Å². The first-order chi connectivity index (χ1) is 9.72. The van der Waals surface area contributed by atoms with Crippen LogP contribution in [0.1, 0.15) is 22.6 Å². The summed E-state index contributed by atoms with van der Waals surface area (Å²) in [5.74, 6) is 7.53. The van der Waals surface area contributed by atoms with E-state index in [0.717, 1.165) is 22.6 Å². The molecular weight excluding hydrogens is 250 g/mol. The van der Waals surface area contributed by atoms with Gasteiger partial charge in [0.15, 0.2) is 0 Å². The minimum atomic E-state index is 0.675. The van der Waals surface area contributed by atoms with E-state index < -0.39 is 0 Å². The molecule has 0 bridgehead atoms. The Labute approximate surface area is 118 Å². The first-order valence-electron chi connectivity index (χ1n) is 6.11. The van der Waals surface area contributed by atoms with Crippen LogP contribution in [0.25, 0.3) is 6.08 Å². The van der Waals surface area contributed by atoms with E-state index in [1.54, 1.807) is 25.5 Å². The molecule has 2 aromatic rings. The molecule has 0 amide bonds. The number of imidazole rings is 1.